The Morgan fingerprint density at radius 2 is 2.00 bits per heavy atom. The van der Waals surface area contributed by atoms with Gasteiger partial charge in [-0.1, -0.05) is 18.2 Å². The van der Waals surface area contributed by atoms with E-state index in [0.717, 1.165) is 41.3 Å². The van der Waals surface area contributed by atoms with Crippen molar-refractivity contribution in [1.29, 1.82) is 0 Å². The smallest absolute Gasteiger partial charge is 0.233 e. The Morgan fingerprint density at radius 1 is 1.21 bits per heavy atom. The third-order valence-corrected chi connectivity index (χ3v) is 6.01. The highest BCUT2D eigenvalue weighted by Crippen LogP contribution is 2.24. The minimum Gasteiger partial charge on any atom is -0.497 e. The summed E-state index contributed by atoms with van der Waals surface area (Å²) in [6.45, 7) is 2.04. The summed E-state index contributed by atoms with van der Waals surface area (Å²) in [6, 6.07) is 16.2. The molecule has 29 heavy (non-hydrogen) atoms. The number of amides is 1. The van der Waals surface area contributed by atoms with Crippen LogP contribution in [0.25, 0.3) is 0 Å². The number of methoxy groups -OCH3 is 1. The first-order chi connectivity index (χ1) is 14.0. The van der Waals surface area contributed by atoms with Crippen LogP contribution in [-0.2, 0) is 16.1 Å². The second-order valence-corrected chi connectivity index (χ2v) is 8.49. The molecule has 0 aliphatic carbocycles. The van der Waals surface area contributed by atoms with Crippen LogP contribution in [0.5, 0.6) is 5.75 Å². The number of benzene rings is 2. The Labute approximate surface area is 178 Å². The fraction of sp³-hybridized carbons (Fsp3) is 0.435. The molecule has 0 aromatic heterocycles. The van der Waals surface area contributed by atoms with Crippen molar-refractivity contribution in [2.75, 3.05) is 45.0 Å². The summed E-state index contributed by atoms with van der Waals surface area (Å²) in [5, 5.41) is 0. The van der Waals surface area contributed by atoms with Crippen molar-refractivity contribution in [2.45, 2.75) is 30.4 Å². The lowest BCUT2D eigenvalue weighted by atomic mass is 10.1. The normalized spacial score (nSPS) is 15.9. The first-order valence-corrected chi connectivity index (χ1v) is 11.0. The molecule has 3 rings (SSSR count). The summed E-state index contributed by atoms with van der Waals surface area (Å²) in [5.74, 6) is 1.33. The molecule has 5 nitrogen and oxygen atoms in total. The van der Waals surface area contributed by atoms with Gasteiger partial charge in [-0.15, -0.1) is 11.8 Å². The van der Waals surface area contributed by atoms with Gasteiger partial charge in [0, 0.05) is 44.4 Å². The predicted molar refractivity (Wildman–Crippen MR) is 119 cm³/mol. The first-order valence-electron chi connectivity index (χ1n) is 9.97. The number of anilines is 1. The molecule has 1 atom stereocenters. The summed E-state index contributed by atoms with van der Waals surface area (Å²) in [6.07, 6.45) is 2.23. The molecule has 1 unspecified atom stereocenters. The van der Waals surface area contributed by atoms with Crippen LogP contribution in [0.2, 0.25) is 0 Å². The Hall–Kier alpha value is -2.18. The average molecular weight is 415 g/mol. The van der Waals surface area contributed by atoms with Gasteiger partial charge >= 0.3 is 0 Å². The van der Waals surface area contributed by atoms with E-state index >= 15 is 0 Å². The van der Waals surface area contributed by atoms with Crippen LogP contribution < -0.4 is 9.64 Å². The Kier molecular flexibility index (Phi) is 7.83. The molecule has 6 heteroatoms. The first kappa shape index (κ1) is 21.5. The standard InChI is InChI=1S/C23H30N2O3S/c1-24(2)19-11-9-18(10-12-19)15-25(16-21-7-5-13-28-21)23(26)17-29-22-8-4-6-20(14-22)27-3/h4,6,8-12,14,21H,5,7,13,15-17H2,1-3H3. The maximum absolute atomic E-state index is 13.0. The van der Waals surface area contributed by atoms with Gasteiger partial charge in [-0.25, -0.2) is 0 Å². The summed E-state index contributed by atoms with van der Waals surface area (Å²) in [4.78, 5) is 18.1. The number of carbonyl (C=O) groups excluding carboxylic acids is 1. The van der Waals surface area contributed by atoms with Gasteiger partial charge in [0.05, 0.1) is 19.0 Å². The number of hydrogen-bond donors (Lipinski definition) is 0. The lowest BCUT2D eigenvalue weighted by molar-refractivity contribution is -0.130. The highest BCUT2D eigenvalue weighted by Gasteiger charge is 2.23. The van der Waals surface area contributed by atoms with Gasteiger partial charge in [0.2, 0.25) is 5.91 Å². The highest BCUT2D eigenvalue weighted by molar-refractivity contribution is 8.00. The van der Waals surface area contributed by atoms with E-state index in [2.05, 4.69) is 29.2 Å². The Morgan fingerprint density at radius 3 is 2.66 bits per heavy atom. The fourth-order valence-electron chi connectivity index (χ4n) is 3.34. The highest BCUT2D eigenvalue weighted by atomic mass is 32.2. The van der Waals surface area contributed by atoms with Crippen molar-refractivity contribution in [3.63, 3.8) is 0 Å². The molecule has 1 aliphatic heterocycles. The van der Waals surface area contributed by atoms with E-state index < -0.39 is 0 Å². The third kappa shape index (κ3) is 6.41. The number of rotatable bonds is 9. The monoisotopic (exact) mass is 414 g/mol. The van der Waals surface area contributed by atoms with E-state index in [0.29, 0.717) is 18.8 Å². The molecule has 0 radical (unpaired) electrons. The molecule has 1 fully saturated rings. The Balaban J connectivity index is 1.65. The van der Waals surface area contributed by atoms with Gasteiger partial charge in [0.25, 0.3) is 0 Å². The summed E-state index contributed by atoms with van der Waals surface area (Å²) < 4.78 is 11.1. The van der Waals surface area contributed by atoms with Crippen LogP contribution in [0.1, 0.15) is 18.4 Å². The quantitative estimate of drug-likeness (QED) is 0.579. The van der Waals surface area contributed by atoms with Crippen LogP contribution in [0.3, 0.4) is 0 Å². The van der Waals surface area contributed by atoms with Gasteiger partial charge in [-0.05, 0) is 48.7 Å². The van der Waals surface area contributed by atoms with E-state index in [-0.39, 0.29) is 12.0 Å². The predicted octanol–water partition coefficient (Wildman–Crippen LogP) is 4.06. The van der Waals surface area contributed by atoms with Gasteiger partial charge in [0.15, 0.2) is 0 Å². The topological polar surface area (TPSA) is 42.0 Å². The zero-order chi connectivity index (χ0) is 20.6. The number of hydrogen-bond acceptors (Lipinski definition) is 5. The molecule has 1 amide bonds. The van der Waals surface area contributed by atoms with Crippen LogP contribution in [0, 0.1) is 0 Å². The largest absolute Gasteiger partial charge is 0.497 e. The van der Waals surface area contributed by atoms with Gasteiger partial charge < -0.3 is 19.3 Å². The van der Waals surface area contributed by atoms with Crippen molar-refractivity contribution in [1.82, 2.24) is 4.90 Å². The molecule has 0 spiro atoms. The van der Waals surface area contributed by atoms with Crippen molar-refractivity contribution in [3.8, 4) is 5.75 Å². The van der Waals surface area contributed by atoms with Gasteiger partial charge in [0.1, 0.15) is 5.75 Å². The van der Waals surface area contributed by atoms with Crippen LogP contribution in [0.15, 0.2) is 53.4 Å². The SMILES string of the molecule is COc1cccc(SCC(=O)N(Cc2ccc(N(C)C)cc2)CC2CCCO2)c1. The molecule has 0 bridgehead atoms. The van der Waals surface area contributed by atoms with E-state index in [1.54, 1.807) is 18.9 Å². The van der Waals surface area contributed by atoms with Crippen molar-refractivity contribution in [3.05, 3.63) is 54.1 Å². The van der Waals surface area contributed by atoms with Crippen LogP contribution in [0.4, 0.5) is 5.69 Å². The minimum absolute atomic E-state index is 0.130. The molecule has 1 saturated heterocycles. The number of thioether (sulfide) groups is 1. The van der Waals surface area contributed by atoms with Crippen molar-refractivity contribution in [2.24, 2.45) is 0 Å². The minimum atomic E-state index is 0.130. The zero-order valence-corrected chi connectivity index (χ0v) is 18.3. The summed E-state index contributed by atoms with van der Waals surface area (Å²) in [7, 11) is 5.70. The van der Waals surface area contributed by atoms with Gasteiger partial charge in [-0.3, -0.25) is 4.79 Å². The number of ether oxygens (including phenoxy) is 2. The fourth-order valence-corrected chi connectivity index (χ4v) is 4.18. The molecule has 2 aromatic carbocycles. The Bertz CT molecular complexity index is 789. The van der Waals surface area contributed by atoms with E-state index in [9.17, 15) is 4.79 Å². The maximum Gasteiger partial charge on any atom is 0.233 e. The van der Waals surface area contributed by atoms with Crippen molar-refractivity contribution >= 4 is 23.4 Å². The summed E-state index contributed by atoms with van der Waals surface area (Å²) >= 11 is 1.54. The third-order valence-electron chi connectivity index (χ3n) is 5.03. The van der Waals surface area contributed by atoms with Crippen molar-refractivity contribution < 1.29 is 14.3 Å². The maximum atomic E-state index is 13.0. The van der Waals surface area contributed by atoms with Gasteiger partial charge in [-0.2, -0.15) is 0 Å². The lowest BCUT2D eigenvalue weighted by Crippen LogP contribution is -2.38. The number of nitrogens with zero attached hydrogens (tertiary/aromatic N) is 2. The second-order valence-electron chi connectivity index (χ2n) is 7.44. The van der Waals surface area contributed by atoms with Crippen LogP contribution >= 0.6 is 11.8 Å². The molecule has 0 N–H and O–H groups in total. The molecule has 0 saturated carbocycles. The lowest BCUT2D eigenvalue weighted by Gasteiger charge is -2.26. The number of carbonyl (C=O) groups is 1. The molecular formula is C23H30N2O3S. The molecule has 2 aromatic rings. The second kappa shape index (κ2) is 10.6. The molecule has 1 heterocycles. The molecule has 156 valence electrons. The average Bonchev–Trinajstić information content (AvgIpc) is 3.25. The molecular weight excluding hydrogens is 384 g/mol. The van der Waals surface area contributed by atoms with E-state index in [4.69, 9.17) is 9.47 Å². The van der Waals surface area contributed by atoms with E-state index in [1.807, 2.05) is 43.3 Å². The van der Waals surface area contributed by atoms with E-state index in [1.165, 1.54) is 0 Å². The zero-order valence-electron chi connectivity index (χ0n) is 17.5. The summed E-state index contributed by atoms with van der Waals surface area (Å²) in [5.41, 5.74) is 2.28. The van der Waals surface area contributed by atoms with Crippen LogP contribution in [-0.4, -0.2) is 57.0 Å². The molecule has 1 aliphatic rings.